The SMILES string of the molecule is CNC(=O)Oc1cccc(C)c1COc1ccc(-n2ccc(C)n2)cc1F. The lowest BCUT2D eigenvalue weighted by Gasteiger charge is -2.14. The molecule has 27 heavy (non-hydrogen) atoms. The second-order valence-electron chi connectivity index (χ2n) is 6.00. The van der Waals surface area contributed by atoms with E-state index in [1.807, 2.05) is 26.0 Å². The third kappa shape index (κ3) is 4.25. The molecule has 1 heterocycles. The van der Waals surface area contributed by atoms with Gasteiger partial charge in [0.1, 0.15) is 12.4 Å². The summed E-state index contributed by atoms with van der Waals surface area (Å²) in [6.45, 7) is 3.80. The Morgan fingerprint density at radius 1 is 1.19 bits per heavy atom. The molecule has 0 aliphatic carbocycles. The molecule has 7 heteroatoms. The van der Waals surface area contributed by atoms with Crippen LogP contribution in [0.5, 0.6) is 11.5 Å². The van der Waals surface area contributed by atoms with Gasteiger partial charge in [-0.05, 0) is 43.7 Å². The predicted octanol–water partition coefficient (Wildman–Crippen LogP) is 3.93. The van der Waals surface area contributed by atoms with E-state index in [-0.39, 0.29) is 12.4 Å². The Labute approximate surface area is 156 Å². The minimum Gasteiger partial charge on any atom is -0.486 e. The zero-order valence-corrected chi connectivity index (χ0v) is 15.3. The number of hydrogen-bond acceptors (Lipinski definition) is 4. The molecule has 0 saturated carbocycles. The van der Waals surface area contributed by atoms with Crippen LogP contribution < -0.4 is 14.8 Å². The van der Waals surface area contributed by atoms with E-state index in [2.05, 4.69) is 10.4 Å². The molecular weight excluding hydrogens is 349 g/mol. The average Bonchev–Trinajstić information content (AvgIpc) is 3.08. The second-order valence-corrected chi connectivity index (χ2v) is 6.00. The maximum Gasteiger partial charge on any atom is 0.412 e. The molecule has 6 nitrogen and oxygen atoms in total. The molecule has 1 N–H and O–H groups in total. The van der Waals surface area contributed by atoms with E-state index in [0.29, 0.717) is 17.0 Å². The van der Waals surface area contributed by atoms with Gasteiger partial charge in [0.2, 0.25) is 0 Å². The van der Waals surface area contributed by atoms with Crippen molar-refractivity contribution in [3.05, 3.63) is 71.3 Å². The number of aryl methyl sites for hydroxylation is 2. The van der Waals surface area contributed by atoms with E-state index in [1.54, 1.807) is 35.1 Å². The fraction of sp³-hybridized carbons (Fsp3) is 0.200. The number of aromatic nitrogens is 2. The van der Waals surface area contributed by atoms with Crippen LogP contribution in [0.3, 0.4) is 0 Å². The van der Waals surface area contributed by atoms with Gasteiger partial charge in [-0.15, -0.1) is 0 Å². The van der Waals surface area contributed by atoms with Crippen molar-refractivity contribution in [2.24, 2.45) is 0 Å². The van der Waals surface area contributed by atoms with Gasteiger partial charge < -0.3 is 14.8 Å². The molecule has 0 radical (unpaired) electrons. The largest absolute Gasteiger partial charge is 0.486 e. The third-order valence-electron chi connectivity index (χ3n) is 4.05. The summed E-state index contributed by atoms with van der Waals surface area (Å²) in [4.78, 5) is 11.5. The topological polar surface area (TPSA) is 65.4 Å². The van der Waals surface area contributed by atoms with Crippen LogP contribution in [-0.2, 0) is 6.61 Å². The molecule has 0 bridgehead atoms. The number of carbonyl (C=O) groups is 1. The fourth-order valence-electron chi connectivity index (χ4n) is 2.56. The van der Waals surface area contributed by atoms with Crippen molar-refractivity contribution in [1.82, 2.24) is 15.1 Å². The van der Waals surface area contributed by atoms with E-state index in [1.165, 1.54) is 13.1 Å². The molecule has 3 rings (SSSR count). The number of rotatable bonds is 5. The van der Waals surface area contributed by atoms with Crippen molar-refractivity contribution in [3.63, 3.8) is 0 Å². The Bertz CT molecular complexity index is 969. The normalized spacial score (nSPS) is 10.5. The van der Waals surface area contributed by atoms with Crippen LogP contribution in [0.15, 0.2) is 48.7 Å². The van der Waals surface area contributed by atoms with Crippen molar-refractivity contribution in [1.29, 1.82) is 0 Å². The predicted molar refractivity (Wildman–Crippen MR) is 98.9 cm³/mol. The first-order valence-electron chi connectivity index (χ1n) is 8.41. The summed E-state index contributed by atoms with van der Waals surface area (Å²) in [5.74, 6) is -0.0156. The summed E-state index contributed by atoms with van der Waals surface area (Å²) in [5, 5.41) is 6.66. The van der Waals surface area contributed by atoms with Crippen molar-refractivity contribution in [2.45, 2.75) is 20.5 Å². The zero-order valence-electron chi connectivity index (χ0n) is 15.3. The maximum absolute atomic E-state index is 14.4. The Morgan fingerprint density at radius 3 is 2.67 bits per heavy atom. The van der Waals surface area contributed by atoms with E-state index in [0.717, 1.165) is 11.3 Å². The van der Waals surface area contributed by atoms with E-state index >= 15 is 0 Å². The zero-order chi connectivity index (χ0) is 19.4. The van der Waals surface area contributed by atoms with E-state index in [9.17, 15) is 9.18 Å². The van der Waals surface area contributed by atoms with E-state index < -0.39 is 11.9 Å². The average molecular weight is 369 g/mol. The van der Waals surface area contributed by atoms with Gasteiger partial charge in [-0.1, -0.05) is 12.1 Å². The number of carbonyl (C=O) groups excluding carboxylic acids is 1. The highest BCUT2D eigenvalue weighted by Crippen LogP contribution is 2.26. The second kappa shape index (κ2) is 7.90. The van der Waals surface area contributed by atoms with Crippen LogP contribution in [0.25, 0.3) is 5.69 Å². The molecule has 3 aromatic rings. The van der Waals surface area contributed by atoms with Gasteiger partial charge in [0.15, 0.2) is 11.6 Å². The maximum atomic E-state index is 14.4. The summed E-state index contributed by atoms with van der Waals surface area (Å²) in [6.07, 6.45) is 1.19. The molecule has 140 valence electrons. The van der Waals surface area contributed by atoms with Gasteiger partial charge >= 0.3 is 6.09 Å². The lowest BCUT2D eigenvalue weighted by atomic mass is 10.1. The highest BCUT2D eigenvalue weighted by molar-refractivity contribution is 5.70. The van der Waals surface area contributed by atoms with Crippen LogP contribution in [0.1, 0.15) is 16.8 Å². The van der Waals surface area contributed by atoms with Crippen LogP contribution in [-0.4, -0.2) is 22.9 Å². The Morgan fingerprint density at radius 2 is 2.00 bits per heavy atom. The van der Waals surface area contributed by atoms with Crippen molar-refractivity contribution in [3.8, 4) is 17.2 Å². The Balaban J connectivity index is 1.78. The first-order valence-corrected chi connectivity index (χ1v) is 8.41. The number of nitrogens with one attached hydrogen (secondary N) is 1. The first kappa shape index (κ1) is 18.4. The molecule has 1 aromatic heterocycles. The Kier molecular flexibility index (Phi) is 5.40. The number of nitrogens with zero attached hydrogens (tertiary/aromatic N) is 2. The minimum atomic E-state index is -0.577. The van der Waals surface area contributed by atoms with E-state index in [4.69, 9.17) is 9.47 Å². The monoisotopic (exact) mass is 369 g/mol. The summed E-state index contributed by atoms with van der Waals surface area (Å²) in [7, 11) is 1.48. The lowest BCUT2D eigenvalue weighted by Crippen LogP contribution is -2.23. The van der Waals surface area contributed by atoms with Crippen LogP contribution >= 0.6 is 0 Å². The number of benzene rings is 2. The summed E-state index contributed by atoms with van der Waals surface area (Å²) in [5.41, 5.74) is 3.00. The molecule has 0 atom stereocenters. The summed E-state index contributed by atoms with van der Waals surface area (Å²) >= 11 is 0. The molecule has 1 amide bonds. The van der Waals surface area contributed by atoms with Gasteiger partial charge in [-0.3, -0.25) is 0 Å². The highest BCUT2D eigenvalue weighted by Gasteiger charge is 2.13. The van der Waals surface area contributed by atoms with Crippen LogP contribution in [0, 0.1) is 19.7 Å². The summed E-state index contributed by atoms with van der Waals surface area (Å²) in [6, 6.07) is 11.8. The number of amides is 1. The van der Waals surface area contributed by atoms with Gasteiger partial charge in [0.25, 0.3) is 0 Å². The minimum absolute atomic E-state index is 0.0656. The highest BCUT2D eigenvalue weighted by atomic mass is 19.1. The van der Waals surface area contributed by atoms with Gasteiger partial charge in [-0.2, -0.15) is 5.10 Å². The van der Waals surface area contributed by atoms with Crippen LogP contribution in [0.2, 0.25) is 0 Å². The molecule has 0 saturated heterocycles. The molecule has 0 unspecified atom stereocenters. The van der Waals surface area contributed by atoms with Gasteiger partial charge in [-0.25, -0.2) is 13.9 Å². The smallest absolute Gasteiger partial charge is 0.412 e. The quantitative estimate of drug-likeness (QED) is 0.740. The van der Waals surface area contributed by atoms with Gasteiger partial charge in [0.05, 0.1) is 11.4 Å². The van der Waals surface area contributed by atoms with Gasteiger partial charge in [0, 0.05) is 24.9 Å². The van der Waals surface area contributed by atoms with Crippen molar-refractivity contribution < 1.29 is 18.7 Å². The molecule has 2 aromatic carbocycles. The molecular formula is C20H20FN3O3. The molecule has 0 aliphatic rings. The summed E-state index contributed by atoms with van der Waals surface area (Å²) < 4.78 is 26.9. The number of halogens is 1. The van der Waals surface area contributed by atoms with Crippen molar-refractivity contribution >= 4 is 6.09 Å². The molecule has 0 spiro atoms. The fourth-order valence-corrected chi connectivity index (χ4v) is 2.56. The number of ether oxygens (including phenoxy) is 2. The Hall–Kier alpha value is -3.35. The third-order valence-corrected chi connectivity index (χ3v) is 4.05. The first-order chi connectivity index (χ1) is 13.0. The number of hydrogen-bond donors (Lipinski definition) is 1. The van der Waals surface area contributed by atoms with Crippen LogP contribution in [0.4, 0.5) is 9.18 Å². The molecule has 0 aliphatic heterocycles. The standard InChI is InChI=1S/C20H20FN3O3/c1-13-5-4-6-18(27-20(25)22-3)16(13)12-26-19-8-7-15(11-17(19)21)24-10-9-14(2)23-24/h4-11H,12H2,1-3H3,(H,22,25). The van der Waals surface area contributed by atoms with Crippen molar-refractivity contribution in [2.75, 3.05) is 7.05 Å². The molecule has 0 fully saturated rings. The lowest BCUT2D eigenvalue weighted by molar-refractivity contribution is 0.201.